The standard InChI is InChI=1S/C22H36O3S/c1-5-20(6-2)24-16-15-22(7-3,8-4)25-21(23)14-17-26-18-19-12-10-9-11-13-19/h9-13,20H,5-8,14-18H2,1-4H3. The Morgan fingerprint density at radius 3 is 2.31 bits per heavy atom. The van der Waals surface area contributed by atoms with E-state index in [1.54, 1.807) is 11.8 Å². The molecule has 0 saturated heterocycles. The number of hydrogen-bond donors (Lipinski definition) is 0. The van der Waals surface area contributed by atoms with Crippen molar-refractivity contribution in [3.63, 3.8) is 0 Å². The van der Waals surface area contributed by atoms with Crippen molar-refractivity contribution in [3.05, 3.63) is 35.9 Å². The van der Waals surface area contributed by atoms with Crippen LogP contribution in [0, 0.1) is 0 Å². The Kier molecular flexibility index (Phi) is 11.7. The summed E-state index contributed by atoms with van der Waals surface area (Å²) in [5.41, 5.74) is 0.911. The molecule has 3 nitrogen and oxygen atoms in total. The molecule has 148 valence electrons. The van der Waals surface area contributed by atoms with E-state index in [0.717, 1.165) is 43.6 Å². The van der Waals surface area contributed by atoms with Gasteiger partial charge in [0.15, 0.2) is 0 Å². The fraction of sp³-hybridized carbons (Fsp3) is 0.682. The highest BCUT2D eigenvalue weighted by Gasteiger charge is 2.30. The van der Waals surface area contributed by atoms with E-state index in [1.165, 1.54) is 5.56 Å². The average Bonchev–Trinajstić information content (AvgIpc) is 2.68. The number of carbonyl (C=O) groups excluding carboxylic acids is 1. The molecule has 1 rings (SSSR count). The third-order valence-electron chi connectivity index (χ3n) is 5.00. The molecule has 0 atom stereocenters. The molecule has 4 heteroatoms. The van der Waals surface area contributed by atoms with E-state index in [1.807, 2.05) is 18.2 Å². The van der Waals surface area contributed by atoms with Crippen LogP contribution in [0.4, 0.5) is 0 Å². The molecule has 0 radical (unpaired) electrons. The Morgan fingerprint density at radius 1 is 1.08 bits per heavy atom. The number of carbonyl (C=O) groups is 1. The number of benzene rings is 1. The van der Waals surface area contributed by atoms with Crippen LogP contribution in [0.1, 0.15) is 71.8 Å². The monoisotopic (exact) mass is 380 g/mol. The summed E-state index contributed by atoms with van der Waals surface area (Å²) < 4.78 is 11.8. The summed E-state index contributed by atoms with van der Waals surface area (Å²) >= 11 is 1.78. The Labute approximate surface area is 164 Å². The molecule has 0 heterocycles. The van der Waals surface area contributed by atoms with Crippen molar-refractivity contribution in [3.8, 4) is 0 Å². The first-order valence-corrected chi connectivity index (χ1v) is 11.2. The summed E-state index contributed by atoms with van der Waals surface area (Å²) in [5.74, 6) is 1.64. The predicted octanol–water partition coefficient (Wildman–Crippen LogP) is 6.01. The molecular weight excluding hydrogens is 344 g/mol. The Morgan fingerprint density at radius 2 is 1.73 bits per heavy atom. The zero-order valence-electron chi connectivity index (χ0n) is 17.0. The van der Waals surface area contributed by atoms with Crippen molar-refractivity contribution >= 4 is 17.7 Å². The number of hydrogen-bond acceptors (Lipinski definition) is 4. The van der Waals surface area contributed by atoms with Crippen LogP contribution in [0.25, 0.3) is 0 Å². The molecule has 1 aromatic rings. The van der Waals surface area contributed by atoms with Crippen LogP contribution in [0.2, 0.25) is 0 Å². The molecule has 1 aromatic carbocycles. The highest BCUT2D eigenvalue weighted by molar-refractivity contribution is 7.98. The first-order chi connectivity index (χ1) is 12.6. The first kappa shape index (κ1) is 23.0. The topological polar surface area (TPSA) is 35.5 Å². The molecule has 0 bridgehead atoms. The second kappa shape index (κ2) is 13.2. The van der Waals surface area contributed by atoms with Crippen molar-refractivity contribution in [1.82, 2.24) is 0 Å². The normalized spacial score (nSPS) is 11.7. The van der Waals surface area contributed by atoms with Gasteiger partial charge in [0.25, 0.3) is 0 Å². The minimum atomic E-state index is -0.382. The number of thioether (sulfide) groups is 1. The van der Waals surface area contributed by atoms with Crippen molar-refractivity contribution in [1.29, 1.82) is 0 Å². The van der Waals surface area contributed by atoms with Crippen molar-refractivity contribution in [2.24, 2.45) is 0 Å². The van der Waals surface area contributed by atoms with E-state index in [-0.39, 0.29) is 11.6 Å². The molecule has 0 fully saturated rings. The van der Waals surface area contributed by atoms with Gasteiger partial charge in [-0.3, -0.25) is 4.79 Å². The number of rotatable bonds is 14. The quantitative estimate of drug-likeness (QED) is 0.292. The summed E-state index contributed by atoms with van der Waals surface area (Å²) in [5, 5.41) is 0. The Balaban J connectivity index is 2.35. The van der Waals surface area contributed by atoms with Gasteiger partial charge in [0, 0.05) is 17.9 Å². The third kappa shape index (κ3) is 8.59. The van der Waals surface area contributed by atoms with Crippen LogP contribution in [-0.2, 0) is 20.0 Å². The summed E-state index contributed by atoms with van der Waals surface area (Å²) in [7, 11) is 0. The van der Waals surface area contributed by atoms with Crippen LogP contribution in [0.3, 0.4) is 0 Å². The van der Waals surface area contributed by atoms with Crippen LogP contribution < -0.4 is 0 Å². The van der Waals surface area contributed by atoms with Gasteiger partial charge >= 0.3 is 5.97 Å². The van der Waals surface area contributed by atoms with E-state index >= 15 is 0 Å². The highest BCUT2D eigenvalue weighted by Crippen LogP contribution is 2.26. The number of ether oxygens (including phenoxy) is 2. The van der Waals surface area contributed by atoms with Crippen LogP contribution in [-0.4, -0.2) is 30.0 Å². The fourth-order valence-electron chi connectivity index (χ4n) is 2.95. The minimum Gasteiger partial charge on any atom is -0.459 e. The highest BCUT2D eigenvalue weighted by atomic mass is 32.2. The molecule has 0 aromatic heterocycles. The average molecular weight is 381 g/mol. The molecule has 0 spiro atoms. The maximum atomic E-state index is 12.3. The van der Waals surface area contributed by atoms with E-state index in [9.17, 15) is 4.79 Å². The van der Waals surface area contributed by atoms with Gasteiger partial charge in [0.1, 0.15) is 5.60 Å². The molecule has 26 heavy (non-hydrogen) atoms. The lowest BCUT2D eigenvalue weighted by atomic mass is 9.93. The molecule has 0 amide bonds. The summed E-state index contributed by atoms with van der Waals surface area (Å²) in [6.07, 6.45) is 5.27. The first-order valence-electron chi connectivity index (χ1n) is 10.0. The van der Waals surface area contributed by atoms with Crippen LogP contribution in [0.5, 0.6) is 0 Å². The molecule has 0 unspecified atom stereocenters. The van der Waals surface area contributed by atoms with Crippen molar-refractivity contribution < 1.29 is 14.3 Å². The largest absolute Gasteiger partial charge is 0.459 e. The maximum absolute atomic E-state index is 12.3. The second-order valence-corrected chi connectivity index (χ2v) is 7.82. The Bertz CT molecular complexity index is 481. The van der Waals surface area contributed by atoms with Gasteiger partial charge < -0.3 is 9.47 Å². The summed E-state index contributed by atoms with van der Waals surface area (Å²) in [4.78, 5) is 12.3. The van der Waals surface area contributed by atoms with Gasteiger partial charge in [0.05, 0.1) is 19.1 Å². The van der Waals surface area contributed by atoms with Crippen LogP contribution >= 0.6 is 11.8 Å². The predicted molar refractivity (Wildman–Crippen MR) is 112 cm³/mol. The smallest absolute Gasteiger partial charge is 0.307 e. The fourth-order valence-corrected chi connectivity index (χ4v) is 3.83. The van der Waals surface area contributed by atoms with Gasteiger partial charge in [-0.1, -0.05) is 58.0 Å². The Hall–Kier alpha value is -1.00. The van der Waals surface area contributed by atoms with Gasteiger partial charge in [0.2, 0.25) is 0 Å². The molecule has 0 saturated carbocycles. The molecule has 0 N–H and O–H groups in total. The maximum Gasteiger partial charge on any atom is 0.307 e. The molecule has 0 aliphatic heterocycles. The van der Waals surface area contributed by atoms with E-state index in [2.05, 4.69) is 39.8 Å². The van der Waals surface area contributed by atoms with E-state index in [4.69, 9.17) is 9.47 Å². The van der Waals surface area contributed by atoms with Crippen molar-refractivity contribution in [2.75, 3.05) is 12.4 Å². The second-order valence-electron chi connectivity index (χ2n) is 6.71. The molecule has 0 aliphatic carbocycles. The van der Waals surface area contributed by atoms with Crippen molar-refractivity contribution in [2.45, 2.75) is 83.7 Å². The lowest BCUT2D eigenvalue weighted by Crippen LogP contribution is -2.36. The van der Waals surface area contributed by atoms with Gasteiger partial charge in [-0.15, -0.1) is 0 Å². The molecule has 0 aliphatic rings. The third-order valence-corrected chi connectivity index (χ3v) is 6.03. The minimum absolute atomic E-state index is 0.0863. The number of esters is 1. The van der Waals surface area contributed by atoms with Crippen LogP contribution in [0.15, 0.2) is 30.3 Å². The zero-order valence-corrected chi connectivity index (χ0v) is 17.8. The zero-order chi connectivity index (χ0) is 19.3. The summed E-state index contributed by atoms with van der Waals surface area (Å²) in [6, 6.07) is 10.3. The summed E-state index contributed by atoms with van der Waals surface area (Å²) in [6.45, 7) is 9.14. The molecular formula is C22H36O3S. The van der Waals surface area contributed by atoms with E-state index in [0.29, 0.717) is 19.1 Å². The van der Waals surface area contributed by atoms with Gasteiger partial charge in [-0.05, 0) is 31.2 Å². The van der Waals surface area contributed by atoms with E-state index < -0.39 is 0 Å². The van der Waals surface area contributed by atoms with Gasteiger partial charge in [-0.25, -0.2) is 0 Å². The SMILES string of the molecule is CCC(CC)OCCC(CC)(CC)OC(=O)CCSCc1ccccc1. The van der Waals surface area contributed by atoms with Gasteiger partial charge in [-0.2, -0.15) is 11.8 Å². The lowest BCUT2D eigenvalue weighted by molar-refractivity contribution is -0.163. The lowest BCUT2D eigenvalue weighted by Gasteiger charge is -2.32.